The molecule has 6 nitrogen and oxygen atoms in total. The van der Waals surface area contributed by atoms with Crippen molar-refractivity contribution in [1.82, 2.24) is 5.32 Å². The average molecular weight is 496 g/mol. The summed E-state index contributed by atoms with van der Waals surface area (Å²) in [6, 6.07) is 14.7. The number of nitrogens with two attached hydrogens (primary N) is 1. The number of hydrogen-bond acceptors (Lipinski definition) is 4. The minimum absolute atomic E-state index is 0. The molecule has 1 aliphatic rings. The molecule has 1 unspecified atom stereocenters. The van der Waals surface area contributed by atoms with E-state index in [-0.39, 0.29) is 24.0 Å². The van der Waals surface area contributed by atoms with Crippen LogP contribution >= 0.6 is 24.0 Å². The molecule has 0 radical (unpaired) electrons. The number of anilines is 1. The molecule has 0 saturated heterocycles. The van der Waals surface area contributed by atoms with Gasteiger partial charge in [0.15, 0.2) is 17.5 Å². The van der Waals surface area contributed by atoms with Crippen molar-refractivity contribution in [3.8, 4) is 11.5 Å². The smallest absolute Gasteiger partial charge is 0.188 e. The molecule has 0 spiro atoms. The second kappa shape index (κ2) is 10.4. The Bertz CT molecular complexity index is 813. The maximum absolute atomic E-state index is 6.05. The van der Waals surface area contributed by atoms with Gasteiger partial charge in [0, 0.05) is 24.8 Å². The Balaban J connectivity index is 0.00000280. The highest BCUT2D eigenvalue weighted by atomic mass is 127. The summed E-state index contributed by atoms with van der Waals surface area (Å²) in [5.74, 6) is 1.85. The number of aliphatic imine (C=N–C) groups is 1. The Morgan fingerprint density at radius 2 is 1.93 bits per heavy atom. The molecule has 0 aromatic heterocycles. The molecule has 1 aliphatic heterocycles. The van der Waals surface area contributed by atoms with Crippen molar-refractivity contribution >= 4 is 35.6 Å². The minimum Gasteiger partial charge on any atom is -0.493 e. The Morgan fingerprint density at radius 1 is 1.18 bits per heavy atom. The lowest BCUT2D eigenvalue weighted by molar-refractivity contribution is 0.354. The fourth-order valence-corrected chi connectivity index (χ4v) is 3.40. The molecule has 28 heavy (non-hydrogen) atoms. The first-order valence-electron chi connectivity index (χ1n) is 9.21. The zero-order valence-electron chi connectivity index (χ0n) is 16.6. The number of methoxy groups -OCH3 is 2. The van der Waals surface area contributed by atoms with Crippen molar-refractivity contribution in [2.75, 3.05) is 32.2 Å². The Morgan fingerprint density at radius 3 is 2.68 bits per heavy atom. The molecule has 0 bridgehead atoms. The van der Waals surface area contributed by atoms with E-state index in [0.29, 0.717) is 30.0 Å². The van der Waals surface area contributed by atoms with E-state index in [1.807, 2.05) is 18.2 Å². The Kier molecular flexibility index (Phi) is 8.22. The van der Waals surface area contributed by atoms with Gasteiger partial charge >= 0.3 is 0 Å². The third-order valence-electron chi connectivity index (χ3n) is 4.91. The van der Waals surface area contributed by atoms with Gasteiger partial charge < -0.3 is 25.4 Å². The fourth-order valence-electron chi connectivity index (χ4n) is 3.40. The summed E-state index contributed by atoms with van der Waals surface area (Å²) in [4.78, 5) is 6.86. The van der Waals surface area contributed by atoms with Crippen LogP contribution < -0.4 is 25.4 Å². The van der Waals surface area contributed by atoms with Gasteiger partial charge in [-0.3, -0.25) is 0 Å². The number of ether oxygens (including phenoxy) is 2. The summed E-state index contributed by atoms with van der Waals surface area (Å²) in [5.41, 5.74) is 9.81. The zero-order valence-corrected chi connectivity index (χ0v) is 19.0. The molecule has 152 valence electrons. The van der Waals surface area contributed by atoms with Gasteiger partial charge in [0.25, 0.3) is 0 Å². The third kappa shape index (κ3) is 5.21. The maximum Gasteiger partial charge on any atom is 0.188 e. The van der Waals surface area contributed by atoms with E-state index in [1.165, 1.54) is 11.3 Å². The molecule has 0 fully saturated rings. The number of para-hydroxylation sites is 1. The number of nitrogens with one attached hydrogen (secondary N) is 1. The highest BCUT2D eigenvalue weighted by Gasteiger charge is 2.22. The molecule has 7 heteroatoms. The molecule has 1 heterocycles. The number of benzene rings is 2. The largest absolute Gasteiger partial charge is 0.493 e. The van der Waals surface area contributed by atoms with Gasteiger partial charge in [-0.2, -0.15) is 0 Å². The first-order chi connectivity index (χ1) is 13.1. The van der Waals surface area contributed by atoms with Crippen LogP contribution in [0.1, 0.15) is 18.1 Å². The third-order valence-corrected chi connectivity index (χ3v) is 4.91. The standard InChI is InChI=1S/C21H28N4O2.HI/c1-15(25-11-10-17-6-4-5-7-18(17)25)13-23-21(22)24-14-16-8-9-19(26-2)20(12-16)27-3;/h4-9,12,15H,10-11,13-14H2,1-3H3,(H3,22,23,24);1H. The van der Waals surface area contributed by atoms with E-state index < -0.39 is 0 Å². The first-order valence-corrected chi connectivity index (χ1v) is 9.21. The summed E-state index contributed by atoms with van der Waals surface area (Å²) in [6.45, 7) is 4.48. The van der Waals surface area contributed by atoms with Gasteiger partial charge in [0.05, 0.1) is 20.8 Å². The van der Waals surface area contributed by atoms with E-state index in [0.717, 1.165) is 25.1 Å². The Labute approximate surface area is 184 Å². The molecule has 0 aliphatic carbocycles. The van der Waals surface area contributed by atoms with Crippen molar-refractivity contribution in [2.24, 2.45) is 10.7 Å². The number of halogens is 1. The van der Waals surface area contributed by atoms with E-state index in [9.17, 15) is 0 Å². The van der Waals surface area contributed by atoms with Crippen molar-refractivity contribution in [2.45, 2.75) is 25.9 Å². The monoisotopic (exact) mass is 496 g/mol. The number of guanidine groups is 1. The second-order valence-corrected chi connectivity index (χ2v) is 6.69. The molecular formula is C21H29IN4O2. The second-order valence-electron chi connectivity index (χ2n) is 6.69. The quantitative estimate of drug-likeness (QED) is 0.350. The molecule has 1 atom stereocenters. The fraction of sp³-hybridized carbons (Fsp3) is 0.381. The van der Waals surface area contributed by atoms with Crippen LogP contribution in [-0.2, 0) is 13.0 Å². The van der Waals surface area contributed by atoms with Gasteiger partial charge in [0.2, 0.25) is 0 Å². The average Bonchev–Trinajstić information content (AvgIpc) is 3.14. The maximum atomic E-state index is 6.05. The van der Waals surface area contributed by atoms with Crippen molar-refractivity contribution in [3.63, 3.8) is 0 Å². The van der Waals surface area contributed by atoms with Crippen LogP contribution in [0.25, 0.3) is 0 Å². The van der Waals surface area contributed by atoms with E-state index >= 15 is 0 Å². The van der Waals surface area contributed by atoms with Crippen molar-refractivity contribution in [1.29, 1.82) is 0 Å². The molecule has 2 aromatic carbocycles. The summed E-state index contributed by atoms with van der Waals surface area (Å²) in [5, 5.41) is 3.24. The first kappa shape index (κ1) is 22.1. The predicted octanol–water partition coefficient (Wildman–Crippen LogP) is 3.18. The topological polar surface area (TPSA) is 72.1 Å². The van der Waals surface area contributed by atoms with E-state index in [4.69, 9.17) is 15.2 Å². The van der Waals surface area contributed by atoms with Crippen LogP contribution in [0.15, 0.2) is 47.5 Å². The molecule has 0 saturated carbocycles. The van der Waals surface area contributed by atoms with E-state index in [2.05, 4.69) is 46.4 Å². The number of hydrogen-bond donors (Lipinski definition) is 2. The molecule has 0 amide bonds. The van der Waals surface area contributed by atoms with Gasteiger partial charge in [0.1, 0.15) is 0 Å². The van der Waals surface area contributed by atoms with Crippen LogP contribution in [0.4, 0.5) is 5.69 Å². The summed E-state index contributed by atoms with van der Waals surface area (Å²) in [6.07, 6.45) is 1.10. The van der Waals surface area contributed by atoms with Gasteiger partial charge in [-0.15, -0.1) is 24.0 Å². The number of nitrogens with zero attached hydrogens (tertiary/aromatic N) is 2. The number of rotatable bonds is 7. The van der Waals surface area contributed by atoms with Crippen LogP contribution in [0, 0.1) is 0 Å². The summed E-state index contributed by atoms with van der Waals surface area (Å²) in [7, 11) is 3.25. The van der Waals surface area contributed by atoms with Crippen LogP contribution in [0.5, 0.6) is 11.5 Å². The Hall–Kier alpha value is -2.16. The van der Waals surface area contributed by atoms with Gasteiger partial charge in [-0.1, -0.05) is 24.3 Å². The highest BCUT2D eigenvalue weighted by molar-refractivity contribution is 14.0. The number of fused-ring (bicyclic) bond motifs is 1. The van der Waals surface area contributed by atoms with Gasteiger partial charge in [-0.25, -0.2) is 4.99 Å². The lowest BCUT2D eigenvalue weighted by Gasteiger charge is -2.27. The highest BCUT2D eigenvalue weighted by Crippen LogP contribution is 2.29. The lowest BCUT2D eigenvalue weighted by atomic mass is 10.2. The predicted molar refractivity (Wildman–Crippen MR) is 125 cm³/mol. The summed E-state index contributed by atoms with van der Waals surface area (Å²) < 4.78 is 10.6. The van der Waals surface area contributed by atoms with Crippen molar-refractivity contribution < 1.29 is 9.47 Å². The molecule has 2 aromatic rings. The summed E-state index contributed by atoms with van der Waals surface area (Å²) >= 11 is 0. The molecule has 3 N–H and O–H groups in total. The lowest BCUT2D eigenvalue weighted by Crippen LogP contribution is -2.43. The SMILES string of the molecule is COc1ccc(CN=C(N)NCC(C)N2CCc3ccccc32)cc1OC.I. The zero-order chi connectivity index (χ0) is 19.2. The molecular weight excluding hydrogens is 467 g/mol. The minimum atomic E-state index is 0. The van der Waals surface area contributed by atoms with Crippen molar-refractivity contribution in [3.05, 3.63) is 53.6 Å². The van der Waals surface area contributed by atoms with E-state index in [1.54, 1.807) is 14.2 Å². The normalized spacial score (nSPS) is 14.1. The van der Waals surface area contributed by atoms with Crippen LogP contribution in [0.2, 0.25) is 0 Å². The van der Waals surface area contributed by atoms with Crippen LogP contribution in [-0.4, -0.2) is 39.3 Å². The van der Waals surface area contributed by atoms with Gasteiger partial charge in [-0.05, 0) is 42.7 Å². The molecule has 3 rings (SSSR count). The van der Waals surface area contributed by atoms with Crippen LogP contribution in [0.3, 0.4) is 0 Å².